The molecular weight excluding hydrogens is 353 g/mol. The van der Waals surface area contributed by atoms with Crippen LogP contribution in [0.2, 0.25) is 10.0 Å². The normalized spacial score (nSPS) is 16.4. The number of halogens is 2. The number of imide groups is 1. The summed E-state index contributed by atoms with van der Waals surface area (Å²) in [6.45, 7) is 0.132. The molecule has 2 aromatic carbocycles. The Balaban J connectivity index is 1.83. The number of thioether (sulfide) groups is 1. The number of benzene rings is 2. The maximum absolute atomic E-state index is 12.4. The zero-order chi connectivity index (χ0) is 16.4. The summed E-state index contributed by atoms with van der Waals surface area (Å²) in [7, 11) is 0. The van der Waals surface area contributed by atoms with Crippen LogP contribution in [0.25, 0.3) is 6.08 Å². The van der Waals surface area contributed by atoms with Crippen molar-refractivity contribution in [3.63, 3.8) is 0 Å². The van der Waals surface area contributed by atoms with Crippen molar-refractivity contribution in [2.24, 2.45) is 0 Å². The summed E-state index contributed by atoms with van der Waals surface area (Å²) in [5.74, 6) is -0.310. The van der Waals surface area contributed by atoms with Crippen molar-refractivity contribution in [2.45, 2.75) is 6.54 Å². The van der Waals surface area contributed by atoms with Crippen molar-refractivity contribution in [1.82, 2.24) is 4.90 Å². The molecule has 0 bridgehead atoms. The summed E-state index contributed by atoms with van der Waals surface area (Å²) in [4.78, 5) is 26.2. The van der Waals surface area contributed by atoms with Gasteiger partial charge in [-0.3, -0.25) is 14.5 Å². The van der Waals surface area contributed by atoms with Crippen LogP contribution >= 0.6 is 35.0 Å². The highest BCUT2D eigenvalue weighted by Crippen LogP contribution is 2.34. The van der Waals surface area contributed by atoms with Crippen molar-refractivity contribution in [1.29, 1.82) is 0 Å². The molecule has 0 radical (unpaired) electrons. The monoisotopic (exact) mass is 363 g/mol. The summed E-state index contributed by atoms with van der Waals surface area (Å²) >= 11 is 12.9. The van der Waals surface area contributed by atoms with Crippen LogP contribution in [-0.2, 0) is 11.3 Å². The largest absolute Gasteiger partial charge is 0.293 e. The smallest absolute Gasteiger partial charge is 0.268 e. The first-order chi connectivity index (χ1) is 11.0. The van der Waals surface area contributed by atoms with Crippen LogP contribution in [-0.4, -0.2) is 16.0 Å². The van der Waals surface area contributed by atoms with Crippen molar-refractivity contribution in [3.05, 3.63) is 74.6 Å². The predicted molar refractivity (Wildman–Crippen MR) is 94.4 cm³/mol. The number of rotatable bonds is 3. The molecule has 23 heavy (non-hydrogen) atoms. The van der Waals surface area contributed by atoms with Crippen LogP contribution in [0.5, 0.6) is 0 Å². The lowest BCUT2D eigenvalue weighted by molar-refractivity contribution is -0.123. The first-order valence-electron chi connectivity index (χ1n) is 6.79. The van der Waals surface area contributed by atoms with Crippen LogP contribution in [0.3, 0.4) is 0 Å². The molecule has 3 nitrogen and oxygen atoms in total. The van der Waals surface area contributed by atoms with Gasteiger partial charge >= 0.3 is 0 Å². The quantitative estimate of drug-likeness (QED) is 0.700. The predicted octanol–water partition coefficient (Wildman–Crippen LogP) is 5.23. The first kappa shape index (κ1) is 16.1. The third-order valence-electron chi connectivity index (χ3n) is 3.31. The van der Waals surface area contributed by atoms with E-state index < -0.39 is 0 Å². The molecule has 2 aromatic rings. The molecule has 3 rings (SSSR count). The van der Waals surface area contributed by atoms with Gasteiger partial charge in [0, 0.05) is 10.0 Å². The summed E-state index contributed by atoms with van der Waals surface area (Å²) < 4.78 is 0. The Kier molecular flexibility index (Phi) is 4.76. The topological polar surface area (TPSA) is 37.4 Å². The van der Waals surface area contributed by atoms with E-state index in [2.05, 4.69) is 0 Å². The fourth-order valence-corrected chi connectivity index (χ4v) is 3.46. The molecular formula is C17H11Cl2NO2S. The average Bonchev–Trinajstić information content (AvgIpc) is 2.78. The molecule has 1 aliphatic rings. The van der Waals surface area contributed by atoms with Gasteiger partial charge in [-0.05, 0) is 41.1 Å². The summed E-state index contributed by atoms with van der Waals surface area (Å²) in [6.07, 6.45) is 1.72. The van der Waals surface area contributed by atoms with E-state index in [1.165, 1.54) is 4.90 Å². The van der Waals surface area contributed by atoms with Crippen LogP contribution in [0.1, 0.15) is 11.1 Å². The fourth-order valence-electron chi connectivity index (χ4n) is 2.16. The van der Waals surface area contributed by atoms with Gasteiger partial charge in [0.05, 0.1) is 11.4 Å². The van der Waals surface area contributed by atoms with Gasteiger partial charge in [0.25, 0.3) is 11.1 Å². The van der Waals surface area contributed by atoms with E-state index in [1.807, 2.05) is 30.3 Å². The van der Waals surface area contributed by atoms with E-state index in [0.29, 0.717) is 20.5 Å². The fraction of sp³-hybridized carbons (Fsp3) is 0.0588. The molecule has 0 atom stereocenters. The molecule has 0 spiro atoms. The maximum atomic E-state index is 12.4. The van der Waals surface area contributed by atoms with Crippen molar-refractivity contribution < 1.29 is 9.59 Å². The van der Waals surface area contributed by atoms with E-state index in [-0.39, 0.29) is 17.7 Å². The molecule has 0 saturated carbocycles. The molecule has 1 heterocycles. The Morgan fingerprint density at radius 3 is 2.48 bits per heavy atom. The summed E-state index contributed by atoms with van der Waals surface area (Å²) in [5.41, 5.74) is 1.56. The van der Waals surface area contributed by atoms with Gasteiger partial charge < -0.3 is 0 Å². The van der Waals surface area contributed by atoms with Crippen LogP contribution in [0.4, 0.5) is 4.79 Å². The number of hydrogen-bond acceptors (Lipinski definition) is 3. The van der Waals surface area contributed by atoms with Gasteiger partial charge in [-0.15, -0.1) is 0 Å². The number of nitrogens with zero attached hydrogens (tertiary/aromatic N) is 1. The second-order valence-electron chi connectivity index (χ2n) is 4.91. The molecule has 0 aromatic heterocycles. The highest BCUT2D eigenvalue weighted by atomic mass is 35.5. The summed E-state index contributed by atoms with van der Waals surface area (Å²) in [5, 5.41) is 0.642. The zero-order valence-electron chi connectivity index (χ0n) is 11.8. The summed E-state index contributed by atoms with van der Waals surface area (Å²) in [6, 6.07) is 14.4. The first-order valence-corrected chi connectivity index (χ1v) is 8.36. The Morgan fingerprint density at radius 1 is 1.04 bits per heavy atom. The Bertz CT molecular complexity index is 805. The van der Waals surface area contributed by atoms with Gasteiger partial charge in [0.1, 0.15) is 0 Å². The molecule has 2 amide bonds. The van der Waals surface area contributed by atoms with Gasteiger partial charge in [0.15, 0.2) is 0 Å². The average molecular weight is 364 g/mol. The molecule has 6 heteroatoms. The zero-order valence-corrected chi connectivity index (χ0v) is 14.2. The van der Waals surface area contributed by atoms with Crippen LogP contribution < -0.4 is 0 Å². The van der Waals surface area contributed by atoms with E-state index in [4.69, 9.17) is 23.2 Å². The highest BCUT2D eigenvalue weighted by Gasteiger charge is 2.35. The van der Waals surface area contributed by atoms with Gasteiger partial charge in [0.2, 0.25) is 0 Å². The molecule has 0 aliphatic carbocycles. The lowest BCUT2D eigenvalue weighted by Crippen LogP contribution is -2.27. The minimum atomic E-state index is -0.310. The molecule has 1 aliphatic heterocycles. The molecule has 1 saturated heterocycles. The number of carbonyl (C=O) groups excluding carboxylic acids is 2. The number of amides is 2. The van der Waals surface area contributed by atoms with Crippen molar-refractivity contribution in [3.8, 4) is 0 Å². The van der Waals surface area contributed by atoms with Crippen molar-refractivity contribution in [2.75, 3.05) is 0 Å². The molecule has 0 unspecified atom stereocenters. The van der Waals surface area contributed by atoms with Gasteiger partial charge in [-0.25, -0.2) is 0 Å². The third kappa shape index (κ3) is 3.61. The lowest BCUT2D eigenvalue weighted by atomic mass is 10.2. The Morgan fingerprint density at radius 2 is 1.78 bits per heavy atom. The van der Waals surface area contributed by atoms with Gasteiger partial charge in [-0.2, -0.15) is 0 Å². The van der Waals surface area contributed by atoms with E-state index in [0.717, 1.165) is 17.3 Å². The van der Waals surface area contributed by atoms with E-state index in [1.54, 1.807) is 24.3 Å². The van der Waals surface area contributed by atoms with E-state index in [9.17, 15) is 9.59 Å². The Labute approximate surface area is 147 Å². The number of hydrogen-bond donors (Lipinski definition) is 0. The molecule has 1 fully saturated rings. The SMILES string of the molecule is O=C1S/C(=C\c2ccccc2)C(=O)N1Cc1ccc(Cl)cc1Cl. The highest BCUT2D eigenvalue weighted by molar-refractivity contribution is 8.18. The third-order valence-corrected chi connectivity index (χ3v) is 4.81. The lowest BCUT2D eigenvalue weighted by Gasteiger charge is -2.13. The van der Waals surface area contributed by atoms with Gasteiger partial charge in [-0.1, -0.05) is 59.6 Å². The Hall–Kier alpha value is -1.75. The maximum Gasteiger partial charge on any atom is 0.293 e. The van der Waals surface area contributed by atoms with E-state index >= 15 is 0 Å². The minimum absolute atomic E-state index is 0.132. The molecule has 116 valence electrons. The van der Waals surface area contributed by atoms with Crippen LogP contribution in [0, 0.1) is 0 Å². The van der Waals surface area contributed by atoms with Crippen molar-refractivity contribution >= 4 is 52.2 Å². The second kappa shape index (κ2) is 6.79. The minimum Gasteiger partial charge on any atom is -0.268 e. The second-order valence-corrected chi connectivity index (χ2v) is 6.75. The molecule has 0 N–H and O–H groups in total. The standard InChI is InChI=1S/C17H11Cl2NO2S/c18-13-7-6-12(14(19)9-13)10-20-16(21)15(23-17(20)22)8-11-4-2-1-3-5-11/h1-9H,10H2/b15-8-. The number of carbonyl (C=O) groups is 2. The van der Waals surface area contributed by atoms with Crippen LogP contribution in [0.15, 0.2) is 53.4 Å².